The van der Waals surface area contributed by atoms with Crippen LogP contribution in [0.1, 0.15) is 24.8 Å². The van der Waals surface area contributed by atoms with Crippen LogP contribution in [-0.2, 0) is 10.2 Å². The number of halogens is 1. The fourth-order valence-electron chi connectivity index (χ4n) is 2.12. The Balaban J connectivity index is 2.54. The fraction of sp³-hybridized carbons (Fsp3) is 0.364. The summed E-state index contributed by atoms with van der Waals surface area (Å²) in [6.07, 6.45) is 1.75. The van der Waals surface area contributed by atoms with Crippen LogP contribution in [-0.4, -0.2) is 16.0 Å². The summed E-state index contributed by atoms with van der Waals surface area (Å²) in [7, 11) is 0. The van der Waals surface area contributed by atoms with E-state index in [0.29, 0.717) is 18.4 Å². The van der Waals surface area contributed by atoms with E-state index in [1.54, 1.807) is 0 Å². The van der Waals surface area contributed by atoms with E-state index in [9.17, 15) is 20.0 Å². The van der Waals surface area contributed by atoms with Crippen LogP contribution in [0.5, 0.6) is 0 Å². The molecule has 0 radical (unpaired) electrons. The third-order valence-corrected chi connectivity index (χ3v) is 3.62. The zero-order chi connectivity index (χ0) is 12.6. The van der Waals surface area contributed by atoms with E-state index in [-0.39, 0.29) is 10.7 Å². The summed E-state index contributed by atoms with van der Waals surface area (Å²) in [6.45, 7) is 0. The second-order valence-electron chi connectivity index (χ2n) is 4.16. The Labute approximate surface area is 102 Å². The highest BCUT2D eigenvalue weighted by Crippen LogP contribution is 2.47. The predicted octanol–water partition coefficient (Wildman–Crippen LogP) is 2.75. The molecule has 1 saturated carbocycles. The molecule has 0 spiro atoms. The Bertz CT molecular complexity index is 496. The molecule has 0 bridgehead atoms. The summed E-state index contributed by atoms with van der Waals surface area (Å²) in [5, 5.41) is 20.2. The van der Waals surface area contributed by atoms with Crippen LogP contribution in [0.25, 0.3) is 0 Å². The molecule has 0 aliphatic heterocycles. The van der Waals surface area contributed by atoms with Gasteiger partial charge in [0.1, 0.15) is 0 Å². The number of carboxylic acids is 1. The van der Waals surface area contributed by atoms with Gasteiger partial charge in [0.15, 0.2) is 0 Å². The Morgan fingerprint density at radius 3 is 2.53 bits per heavy atom. The van der Waals surface area contributed by atoms with Crippen molar-refractivity contribution in [3.05, 3.63) is 38.9 Å². The fourth-order valence-corrected chi connectivity index (χ4v) is 2.42. The minimum Gasteiger partial charge on any atom is -0.481 e. The van der Waals surface area contributed by atoms with E-state index in [2.05, 4.69) is 0 Å². The molecule has 1 aliphatic carbocycles. The smallest absolute Gasteiger partial charge is 0.314 e. The van der Waals surface area contributed by atoms with Crippen LogP contribution in [0.4, 0.5) is 5.69 Å². The summed E-state index contributed by atoms with van der Waals surface area (Å²) < 4.78 is 0. The molecule has 1 N–H and O–H groups in total. The van der Waals surface area contributed by atoms with E-state index in [4.69, 9.17) is 11.6 Å². The van der Waals surface area contributed by atoms with Gasteiger partial charge in [0, 0.05) is 17.2 Å². The Morgan fingerprint density at radius 2 is 2.12 bits per heavy atom. The average Bonchev–Trinajstić information content (AvgIpc) is 2.18. The summed E-state index contributed by atoms with van der Waals surface area (Å²) >= 11 is 5.96. The van der Waals surface area contributed by atoms with E-state index < -0.39 is 16.3 Å². The highest BCUT2D eigenvalue weighted by Gasteiger charge is 2.47. The van der Waals surface area contributed by atoms with Gasteiger partial charge in [-0.3, -0.25) is 14.9 Å². The lowest BCUT2D eigenvalue weighted by atomic mass is 9.64. The molecule has 1 fully saturated rings. The second-order valence-corrected chi connectivity index (χ2v) is 4.57. The van der Waals surface area contributed by atoms with Gasteiger partial charge in [0.05, 0.1) is 10.3 Å². The number of nitrogens with zero attached hydrogens (tertiary/aromatic N) is 1. The van der Waals surface area contributed by atoms with Crippen molar-refractivity contribution in [1.29, 1.82) is 0 Å². The highest BCUT2D eigenvalue weighted by atomic mass is 35.5. The normalized spacial score (nSPS) is 17.2. The summed E-state index contributed by atoms with van der Waals surface area (Å²) in [4.78, 5) is 21.4. The quantitative estimate of drug-likeness (QED) is 0.665. The van der Waals surface area contributed by atoms with Gasteiger partial charge in [-0.25, -0.2) is 0 Å². The molecule has 6 heteroatoms. The summed E-state index contributed by atoms with van der Waals surface area (Å²) in [5.41, 5.74) is -0.813. The van der Waals surface area contributed by atoms with Crippen molar-refractivity contribution in [3.63, 3.8) is 0 Å². The molecule has 0 aromatic heterocycles. The number of aliphatic carboxylic acids is 1. The molecule has 0 amide bonds. The van der Waals surface area contributed by atoms with Crippen LogP contribution < -0.4 is 0 Å². The maximum atomic E-state index is 11.3. The lowest BCUT2D eigenvalue weighted by Crippen LogP contribution is -2.42. The molecule has 17 heavy (non-hydrogen) atoms. The van der Waals surface area contributed by atoms with Gasteiger partial charge < -0.3 is 5.11 Å². The number of carboxylic acid groups (broad SMARTS) is 1. The van der Waals surface area contributed by atoms with Gasteiger partial charge in [-0.15, -0.1) is 0 Å². The molecule has 0 atom stereocenters. The van der Waals surface area contributed by atoms with Gasteiger partial charge in [-0.1, -0.05) is 18.0 Å². The van der Waals surface area contributed by atoms with Gasteiger partial charge in [0.25, 0.3) is 5.69 Å². The van der Waals surface area contributed by atoms with Crippen LogP contribution in [0.15, 0.2) is 18.2 Å². The Hall–Kier alpha value is -1.62. The zero-order valence-electron chi connectivity index (χ0n) is 8.85. The maximum Gasteiger partial charge on any atom is 0.314 e. The molecular weight excluding hydrogens is 246 g/mol. The van der Waals surface area contributed by atoms with Crippen LogP contribution >= 0.6 is 11.6 Å². The number of benzene rings is 1. The number of nitro groups is 1. The van der Waals surface area contributed by atoms with Crippen LogP contribution in [0.3, 0.4) is 0 Å². The molecular formula is C11H10ClNO4. The SMILES string of the molecule is O=C(O)C1(c2cc([N+](=O)[O-])ccc2Cl)CCC1. The van der Waals surface area contributed by atoms with Crippen LogP contribution in [0, 0.1) is 10.1 Å². The Morgan fingerprint density at radius 1 is 1.47 bits per heavy atom. The third-order valence-electron chi connectivity index (χ3n) is 3.29. The van der Waals surface area contributed by atoms with Crippen molar-refractivity contribution in [2.24, 2.45) is 0 Å². The standard InChI is InChI=1S/C11H10ClNO4/c12-9-3-2-7(13(16)17)6-8(9)11(10(14)15)4-1-5-11/h2-3,6H,1,4-5H2,(H,14,15). The van der Waals surface area contributed by atoms with E-state index in [1.807, 2.05) is 0 Å². The first-order valence-corrected chi connectivity index (χ1v) is 5.53. The first-order valence-electron chi connectivity index (χ1n) is 5.15. The lowest BCUT2D eigenvalue weighted by Gasteiger charge is -2.38. The first kappa shape index (κ1) is 11.9. The molecule has 1 aliphatic rings. The van der Waals surface area contributed by atoms with E-state index >= 15 is 0 Å². The summed E-state index contributed by atoms with van der Waals surface area (Å²) in [6, 6.07) is 3.94. The van der Waals surface area contributed by atoms with Gasteiger partial charge in [0.2, 0.25) is 0 Å². The number of rotatable bonds is 3. The number of hydrogen-bond donors (Lipinski definition) is 1. The average molecular weight is 256 g/mol. The zero-order valence-corrected chi connectivity index (χ0v) is 9.61. The molecule has 1 aromatic rings. The highest BCUT2D eigenvalue weighted by molar-refractivity contribution is 6.31. The minimum absolute atomic E-state index is 0.128. The van der Waals surface area contributed by atoms with E-state index in [1.165, 1.54) is 18.2 Å². The molecule has 0 saturated heterocycles. The largest absolute Gasteiger partial charge is 0.481 e. The first-order chi connectivity index (χ1) is 7.97. The molecule has 1 aromatic carbocycles. The minimum atomic E-state index is -1.04. The predicted molar refractivity (Wildman–Crippen MR) is 61.3 cm³/mol. The van der Waals surface area contributed by atoms with Crippen molar-refractivity contribution < 1.29 is 14.8 Å². The van der Waals surface area contributed by atoms with Gasteiger partial charge in [-0.2, -0.15) is 0 Å². The third kappa shape index (κ3) is 1.76. The van der Waals surface area contributed by atoms with E-state index in [0.717, 1.165) is 6.42 Å². The monoisotopic (exact) mass is 255 g/mol. The molecule has 0 heterocycles. The number of hydrogen-bond acceptors (Lipinski definition) is 3. The maximum absolute atomic E-state index is 11.3. The molecule has 0 unspecified atom stereocenters. The van der Waals surface area contributed by atoms with Gasteiger partial charge >= 0.3 is 5.97 Å². The molecule has 5 nitrogen and oxygen atoms in total. The van der Waals surface area contributed by atoms with Crippen molar-refractivity contribution in [1.82, 2.24) is 0 Å². The second kappa shape index (κ2) is 4.00. The molecule has 2 rings (SSSR count). The summed E-state index contributed by atoms with van der Waals surface area (Å²) in [5.74, 6) is -0.967. The lowest BCUT2D eigenvalue weighted by molar-refractivity contribution is -0.385. The van der Waals surface area contributed by atoms with Crippen molar-refractivity contribution >= 4 is 23.3 Å². The Kier molecular flexibility index (Phi) is 2.79. The van der Waals surface area contributed by atoms with Crippen LogP contribution in [0.2, 0.25) is 5.02 Å². The number of non-ortho nitro benzene ring substituents is 1. The van der Waals surface area contributed by atoms with Crippen molar-refractivity contribution in [2.75, 3.05) is 0 Å². The number of nitro benzene ring substituents is 1. The number of carbonyl (C=O) groups is 1. The van der Waals surface area contributed by atoms with Gasteiger partial charge in [-0.05, 0) is 24.5 Å². The molecule has 90 valence electrons. The topological polar surface area (TPSA) is 80.4 Å². The van der Waals surface area contributed by atoms with Crippen molar-refractivity contribution in [2.45, 2.75) is 24.7 Å². The van der Waals surface area contributed by atoms with Crippen molar-refractivity contribution in [3.8, 4) is 0 Å².